The fraction of sp³-hybridized carbons (Fsp3) is 0.150. The second kappa shape index (κ2) is 5.92. The quantitative estimate of drug-likeness (QED) is 0.640. The van der Waals surface area contributed by atoms with E-state index in [-0.39, 0.29) is 5.56 Å². The van der Waals surface area contributed by atoms with Gasteiger partial charge in [-0.3, -0.25) is 4.98 Å². The molecule has 0 amide bonds. The van der Waals surface area contributed by atoms with Crippen LogP contribution in [0.1, 0.15) is 35.0 Å². The van der Waals surface area contributed by atoms with E-state index in [4.69, 9.17) is 5.48 Å². The first-order valence-corrected chi connectivity index (χ1v) is 6.92. The molecule has 0 aliphatic heterocycles. The lowest BCUT2D eigenvalue weighted by molar-refractivity contribution is 0.910. The molecule has 1 nitrogen and oxygen atoms in total. The number of pyridine rings is 1. The van der Waals surface area contributed by atoms with Crippen LogP contribution in [-0.2, 0) is 0 Å². The topological polar surface area (TPSA) is 12.9 Å². The van der Waals surface area contributed by atoms with Gasteiger partial charge in [-0.25, -0.2) is 0 Å². The van der Waals surface area contributed by atoms with Crippen LogP contribution in [0.3, 0.4) is 0 Å². The van der Waals surface area contributed by atoms with Gasteiger partial charge in [-0.05, 0) is 41.7 Å². The fourth-order valence-corrected chi connectivity index (χ4v) is 2.39. The monoisotopic (exact) mass is 277 g/mol. The summed E-state index contributed by atoms with van der Waals surface area (Å²) in [6.07, 6.45) is 1.70. The Balaban J connectivity index is 2.22. The van der Waals surface area contributed by atoms with E-state index in [1.807, 2.05) is 48.5 Å². The lowest BCUT2D eigenvalue weighted by Gasteiger charge is -2.16. The highest BCUT2D eigenvalue weighted by Crippen LogP contribution is 2.30. The summed E-state index contributed by atoms with van der Waals surface area (Å²) < 4.78 is 32.5. The summed E-state index contributed by atoms with van der Waals surface area (Å²) in [5, 5.41) is 0. The van der Waals surface area contributed by atoms with Gasteiger partial charge in [0, 0.05) is 23.1 Å². The molecule has 1 aromatic heterocycles. The van der Waals surface area contributed by atoms with Crippen LogP contribution < -0.4 is 0 Å². The van der Waals surface area contributed by atoms with Gasteiger partial charge in [-0.15, -0.1) is 0 Å². The first kappa shape index (κ1) is 9.51. The van der Waals surface area contributed by atoms with Gasteiger partial charge in [-0.2, -0.15) is 0 Å². The molecule has 21 heavy (non-hydrogen) atoms. The molecule has 3 aromatic rings. The minimum atomic E-state index is -2.28. The summed E-state index contributed by atoms with van der Waals surface area (Å²) >= 11 is 0. The highest BCUT2D eigenvalue weighted by atomic mass is 14.7. The van der Waals surface area contributed by atoms with Crippen molar-refractivity contribution in [2.45, 2.75) is 19.7 Å². The van der Waals surface area contributed by atoms with Gasteiger partial charge in [-0.1, -0.05) is 55.5 Å². The Hall–Kier alpha value is -2.41. The normalized spacial score (nSPS) is 17.0. The number of aryl methyl sites for hydroxylation is 1. The van der Waals surface area contributed by atoms with Crippen molar-refractivity contribution in [1.29, 1.82) is 0 Å². The molecule has 0 aliphatic rings. The molecule has 2 aromatic carbocycles. The van der Waals surface area contributed by atoms with E-state index >= 15 is 0 Å². The third kappa shape index (κ3) is 2.87. The molecule has 0 radical (unpaired) electrons. The second-order valence-electron chi connectivity index (χ2n) is 4.97. The molecule has 0 aliphatic carbocycles. The largest absolute Gasteiger partial charge is 0.256 e. The number of hydrogen-bond donors (Lipinski definition) is 0. The maximum atomic E-state index is 8.92. The van der Waals surface area contributed by atoms with E-state index in [1.165, 1.54) is 0 Å². The average Bonchev–Trinajstić information content (AvgIpc) is 2.62. The predicted octanol–water partition coefficient (Wildman–Crippen LogP) is 5.21. The molecular weight excluding hydrogens is 254 g/mol. The van der Waals surface area contributed by atoms with Gasteiger partial charge >= 0.3 is 0 Å². The van der Waals surface area contributed by atoms with Crippen LogP contribution in [0, 0.1) is 6.85 Å². The molecule has 1 heteroatoms. The zero-order valence-corrected chi connectivity index (χ0v) is 11.9. The third-order valence-corrected chi connectivity index (χ3v) is 3.59. The van der Waals surface area contributed by atoms with E-state index < -0.39 is 12.7 Å². The van der Waals surface area contributed by atoms with Crippen LogP contribution in [0.15, 0.2) is 72.9 Å². The van der Waals surface area contributed by atoms with Crippen LogP contribution in [0.4, 0.5) is 0 Å². The molecular formula is C20H19N. The summed E-state index contributed by atoms with van der Waals surface area (Å²) in [4.78, 5) is 4.33. The van der Waals surface area contributed by atoms with Crippen molar-refractivity contribution in [2.24, 2.45) is 0 Å². The molecule has 104 valence electrons. The molecule has 1 atom stereocenters. The van der Waals surface area contributed by atoms with Gasteiger partial charge in [0.1, 0.15) is 0 Å². The zero-order valence-electron chi connectivity index (χ0n) is 15.9. The molecule has 3 rings (SSSR count). The molecule has 1 heterocycles. The molecule has 0 bridgehead atoms. The summed E-state index contributed by atoms with van der Waals surface area (Å²) in [5.74, 6) is -1.18. The van der Waals surface area contributed by atoms with Crippen molar-refractivity contribution in [3.05, 3.63) is 89.6 Å². The maximum Gasteiger partial charge on any atom is 0.0702 e. The van der Waals surface area contributed by atoms with Crippen molar-refractivity contribution in [3.8, 4) is 11.3 Å². The summed E-state index contributed by atoms with van der Waals surface area (Å²) in [7, 11) is 0. The van der Waals surface area contributed by atoms with Crippen LogP contribution >= 0.6 is 0 Å². The molecule has 0 N–H and O–H groups in total. The van der Waals surface area contributed by atoms with Crippen LogP contribution in [0.2, 0.25) is 0 Å². The van der Waals surface area contributed by atoms with Crippen LogP contribution in [-0.4, -0.2) is 4.98 Å². The second-order valence-corrected chi connectivity index (χ2v) is 4.97. The molecule has 0 fully saturated rings. The van der Waals surface area contributed by atoms with E-state index in [2.05, 4.69) is 4.98 Å². The first-order chi connectivity index (χ1) is 11.8. The standard InChI is InChI=1S/C20H19N/c1-15-11-12-18(20-10-6-7-13-21-20)14-19(15)16(2)17-8-4-3-5-9-17/h3-14,16H,1-2H3/i1D3,16D. The van der Waals surface area contributed by atoms with Crippen LogP contribution in [0.25, 0.3) is 11.3 Å². The Morgan fingerprint density at radius 2 is 1.81 bits per heavy atom. The van der Waals surface area contributed by atoms with Crippen molar-refractivity contribution in [3.63, 3.8) is 0 Å². The average molecular weight is 277 g/mol. The van der Waals surface area contributed by atoms with E-state index in [1.54, 1.807) is 31.3 Å². The van der Waals surface area contributed by atoms with Gasteiger partial charge < -0.3 is 0 Å². The number of nitrogens with zero attached hydrogens (tertiary/aromatic N) is 1. The number of rotatable bonds is 3. The van der Waals surface area contributed by atoms with E-state index in [0.29, 0.717) is 5.56 Å². The van der Waals surface area contributed by atoms with E-state index in [0.717, 1.165) is 16.8 Å². The van der Waals surface area contributed by atoms with Gasteiger partial charge in [0.15, 0.2) is 0 Å². The van der Waals surface area contributed by atoms with Crippen molar-refractivity contribution >= 4 is 0 Å². The minimum Gasteiger partial charge on any atom is -0.256 e. The highest BCUT2D eigenvalue weighted by molar-refractivity contribution is 5.61. The Kier molecular flexibility index (Phi) is 2.68. The van der Waals surface area contributed by atoms with Gasteiger partial charge in [0.25, 0.3) is 0 Å². The molecule has 0 spiro atoms. The first-order valence-electron chi connectivity index (χ1n) is 8.92. The molecule has 0 saturated carbocycles. The van der Waals surface area contributed by atoms with Gasteiger partial charge in [0.2, 0.25) is 0 Å². The van der Waals surface area contributed by atoms with Gasteiger partial charge in [0.05, 0.1) is 5.69 Å². The number of hydrogen-bond acceptors (Lipinski definition) is 1. The smallest absolute Gasteiger partial charge is 0.0702 e. The fourth-order valence-electron chi connectivity index (χ4n) is 2.39. The summed E-state index contributed by atoms with van der Waals surface area (Å²) in [5.41, 5.74) is 2.98. The summed E-state index contributed by atoms with van der Waals surface area (Å²) in [6, 6.07) is 20.0. The van der Waals surface area contributed by atoms with Crippen LogP contribution in [0.5, 0.6) is 0 Å². The summed E-state index contributed by atoms with van der Waals surface area (Å²) in [6.45, 7) is -0.551. The molecule has 1 unspecified atom stereocenters. The Morgan fingerprint density at radius 3 is 2.52 bits per heavy atom. The minimum absolute atomic E-state index is 0.202. The maximum absolute atomic E-state index is 8.92. The lowest BCUT2D eigenvalue weighted by Crippen LogP contribution is -1.99. The third-order valence-electron chi connectivity index (χ3n) is 3.59. The zero-order chi connectivity index (χ0) is 18.1. The SMILES string of the molecule is [2H]C([2H])([2H])c1ccc(-c2ccccn2)cc1C([2H])(C)c1ccccc1. The molecule has 0 saturated heterocycles. The number of benzene rings is 2. The number of aromatic nitrogens is 1. The van der Waals surface area contributed by atoms with Crippen molar-refractivity contribution < 1.29 is 5.48 Å². The van der Waals surface area contributed by atoms with Crippen molar-refractivity contribution in [2.75, 3.05) is 0 Å². The lowest BCUT2D eigenvalue weighted by atomic mass is 9.88. The Labute approximate surface area is 131 Å². The highest BCUT2D eigenvalue weighted by Gasteiger charge is 2.12. The predicted molar refractivity (Wildman–Crippen MR) is 88.4 cm³/mol. The Bertz CT molecular complexity index is 856. The van der Waals surface area contributed by atoms with E-state index in [9.17, 15) is 0 Å². The van der Waals surface area contributed by atoms with Crippen molar-refractivity contribution in [1.82, 2.24) is 4.98 Å². The Morgan fingerprint density at radius 1 is 1.00 bits per heavy atom.